The van der Waals surface area contributed by atoms with Gasteiger partial charge in [-0.3, -0.25) is 4.79 Å². The van der Waals surface area contributed by atoms with Crippen LogP contribution in [0.4, 0.5) is 0 Å². The lowest BCUT2D eigenvalue weighted by molar-refractivity contribution is -0.147. The minimum Gasteiger partial charge on any atom is -0.364 e. The van der Waals surface area contributed by atoms with Crippen LogP contribution in [0.2, 0.25) is 0 Å². The molecule has 2 rings (SSSR count). The molecule has 2 N–H and O–H groups in total. The molecule has 1 heterocycles. The highest BCUT2D eigenvalue weighted by molar-refractivity contribution is 5.77. The standard InChI is InChI=1S/C16H31N3O2/c1-3-14-4-6-16(13-17,7-5-14)21-12-15(20)19-10-8-18(2)9-11-19/h14H,3-13,17H2,1-2H3. The minimum atomic E-state index is -0.256. The molecule has 2 aliphatic rings. The Morgan fingerprint density at radius 1 is 1.24 bits per heavy atom. The van der Waals surface area contributed by atoms with E-state index in [1.807, 2.05) is 4.90 Å². The molecular formula is C16H31N3O2. The predicted octanol–water partition coefficient (Wildman–Crippen LogP) is 1.07. The molecule has 0 bridgehead atoms. The Balaban J connectivity index is 1.79. The average molecular weight is 297 g/mol. The van der Waals surface area contributed by atoms with Crippen molar-refractivity contribution in [2.24, 2.45) is 11.7 Å². The first kappa shape index (κ1) is 16.7. The maximum atomic E-state index is 12.3. The SMILES string of the molecule is CCC1CCC(CN)(OCC(=O)N2CCN(C)CC2)CC1. The molecule has 0 spiro atoms. The van der Waals surface area contributed by atoms with Gasteiger partial charge in [0.2, 0.25) is 5.91 Å². The van der Waals surface area contributed by atoms with Crippen molar-refractivity contribution in [3.63, 3.8) is 0 Å². The predicted molar refractivity (Wildman–Crippen MR) is 84.1 cm³/mol. The number of ether oxygens (including phenoxy) is 1. The topological polar surface area (TPSA) is 58.8 Å². The normalized spacial score (nSPS) is 31.4. The first-order valence-corrected chi connectivity index (χ1v) is 8.39. The summed E-state index contributed by atoms with van der Waals surface area (Å²) in [5, 5.41) is 0. The van der Waals surface area contributed by atoms with Gasteiger partial charge < -0.3 is 20.3 Å². The lowest BCUT2D eigenvalue weighted by Crippen LogP contribution is -2.50. The van der Waals surface area contributed by atoms with E-state index in [9.17, 15) is 4.79 Å². The van der Waals surface area contributed by atoms with E-state index in [0.29, 0.717) is 6.54 Å². The van der Waals surface area contributed by atoms with Gasteiger partial charge in [0.05, 0.1) is 5.60 Å². The largest absolute Gasteiger partial charge is 0.364 e. The molecule has 5 heteroatoms. The zero-order chi connectivity index (χ0) is 15.3. The van der Waals surface area contributed by atoms with Crippen molar-refractivity contribution >= 4 is 5.91 Å². The summed E-state index contributed by atoms with van der Waals surface area (Å²) in [5.74, 6) is 0.926. The fourth-order valence-corrected chi connectivity index (χ4v) is 3.38. The molecule has 0 unspecified atom stereocenters. The number of likely N-dealkylation sites (N-methyl/N-ethyl adjacent to an activating group) is 1. The van der Waals surface area contributed by atoms with Crippen LogP contribution in [0.3, 0.4) is 0 Å². The van der Waals surface area contributed by atoms with Crippen LogP contribution in [0.1, 0.15) is 39.0 Å². The molecule has 1 amide bonds. The number of hydrogen-bond acceptors (Lipinski definition) is 4. The highest BCUT2D eigenvalue weighted by Gasteiger charge is 2.35. The van der Waals surface area contributed by atoms with Crippen LogP contribution in [0.25, 0.3) is 0 Å². The molecule has 122 valence electrons. The quantitative estimate of drug-likeness (QED) is 0.825. The van der Waals surface area contributed by atoms with Crippen LogP contribution in [0.15, 0.2) is 0 Å². The van der Waals surface area contributed by atoms with Crippen molar-refractivity contribution in [2.75, 3.05) is 46.4 Å². The van der Waals surface area contributed by atoms with Gasteiger partial charge in [-0.05, 0) is 38.6 Å². The average Bonchev–Trinajstić information content (AvgIpc) is 2.54. The molecule has 1 aliphatic heterocycles. The molecule has 0 aromatic rings. The van der Waals surface area contributed by atoms with E-state index in [-0.39, 0.29) is 18.1 Å². The molecule has 1 saturated heterocycles. The van der Waals surface area contributed by atoms with Crippen LogP contribution < -0.4 is 5.73 Å². The Kier molecular flexibility index (Phi) is 6.02. The Labute approximate surface area is 128 Å². The van der Waals surface area contributed by atoms with Crippen molar-refractivity contribution in [1.82, 2.24) is 9.80 Å². The summed E-state index contributed by atoms with van der Waals surface area (Å²) in [4.78, 5) is 16.4. The smallest absolute Gasteiger partial charge is 0.248 e. The van der Waals surface area contributed by atoms with E-state index in [2.05, 4.69) is 18.9 Å². The van der Waals surface area contributed by atoms with Crippen LogP contribution in [0, 0.1) is 5.92 Å². The van der Waals surface area contributed by atoms with E-state index in [4.69, 9.17) is 10.5 Å². The van der Waals surface area contributed by atoms with Crippen LogP contribution in [0.5, 0.6) is 0 Å². The number of carbonyl (C=O) groups is 1. The van der Waals surface area contributed by atoms with Gasteiger partial charge >= 0.3 is 0 Å². The van der Waals surface area contributed by atoms with Gasteiger partial charge in [0.1, 0.15) is 6.61 Å². The van der Waals surface area contributed by atoms with Gasteiger partial charge in [0.25, 0.3) is 0 Å². The number of amides is 1. The lowest BCUT2D eigenvalue weighted by Gasteiger charge is -2.40. The molecule has 2 fully saturated rings. The first-order chi connectivity index (χ1) is 10.1. The number of carbonyl (C=O) groups excluding carboxylic acids is 1. The number of piperazine rings is 1. The van der Waals surface area contributed by atoms with E-state index in [1.165, 1.54) is 19.3 Å². The summed E-state index contributed by atoms with van der Waals surface area (Å²) < 4.78 is 6.02. The molecule has 0 aromatic heterocycles. The number of nitrogens with two attached hydrogens (primary N) is 1. The third-order valence-electron chi connectivity index (χ3n) is 5.32. The fraction of sp³-hybridized carbons (Fsp3) is 0.938. The summed E-state index contributed by atoms with van der Waals surface area (Å²) in [6.07, 6.45) is 5.59. The molecule has 1 aliphatic carbocycles. The van der Waals surface area contributed by atoms with Crippen molar-refractivity contribution in [3.05, 3.63) is 0 Å². The molecule has 0 radical (unpaired) electrons. The van der Waals surface area contributed by atoms with E-state index < -0.39 is 0 Å². The molecule has 21 heavy (non-hydrogen) atoms. The third-order valence-corrected chi connectivity index (χ3v) is 5.32. The van der Waals surface area contributed by atoms with E-state index in [0.717, 1.165) is 44.9 Å². The number of rotatable bonds is 5. The fourth-order valence-electron chi connectivity index (χ4n) is 3.38. The third kappa shape index (κ3) is 4.41. The highest BCUT2D eigenvalue weighted by Crippen LogP contribution is 2.35. The number of nitrogens with zero attached hydrogens (tertiary/aromatic N) is 2. The lowest BCUT2D eigenvalue weighted by atomic mass is 9.77. The van der Waals surface area contributed by atoms with Crippen molar-refractivity contribution in [2.45, 2.75) is 44.6 Å². The van der Waals surface area contributed by atoms with Crippen molar-refractivity contribution in [3.8, 4) is 0 Å². The monoisotopic (exact) mass is 297 g/mol. The zero-order valence-corrected chi connectivity index (χ0v) is 13.6. The Morgan fingerprint density at radius 3 is 2.38 bits per heavy atom. The summed E-state index contributed by atoms with van der Waals surface area (Å²) in [6, 6.07) is 0. The maximum Gasteiger partial charge on any atom is 0.248 e. The second-order valence-electron chi connectivity index (χ2n) is 6.71. The van der Waals surface area contributed by atoms with Gasteiger partial charge in [0.15, 0.2) is 0 Å². The minimum absolute atomic E-state index is 0.119. The van der Waals surface area contributed by atoms with Gasteiger partial charge in [0, 0.05) is 32.7 Å². The van der Waals surface area contributed by atoms with Crippen LogP contribution in [-0.2, 0) is 9.53 Å². The van der Waals surface area contributed by atoms with E-state index in [1.54, 1.807) is 0 Å². The highest BCUT2D eigenvalue weighted by atomic mass is 16.5. The molecule has 1 saturated carbocycles. The van der Waals surface area contributed by atoms with Gasteiger partial charge in [-0.25, -0.2) is 0 Å². The first-order valence-electron chi connectivity index (χ1n) is 8.39. The maximum absolute atomic E-state index is 12.3. The molecule has 0 atom stereocenters. The Bertz CT molecular complexity index is 332. The van der Waals surface area contributed by atoms with Crippen LogP contribution in [-0.4, -0.2) is 67.7 Å². The van der Waals surface area contributed by atoms with Crippen LogP contribution >= 0.6 is 0 Å². The van der Waals surface area contributed by atoms with E-state index >= 15 is 0 Å². The second kappa shape index (κ2) is 7.56. The molecule has 0 aromatic carbocycles. The zero-order valence-electron chi connectivity index (χ0n) is 13.6. The van der Waals surface area contributed by atoms with Gasteiger partial charge in [-0.1, -0.05) is 13.3 Å². The molecular weight excluding hydrogens is 266 g/mol. The molecule has 5 nitrogen and oxygen atoms in total. The summed E-state index contributed by atoms with van der Waals surface area (Å²) >= 11 is 0. The second-order valence-corrected chi connectivity index (χ2v) is 6.71. The van der Waals surface area contributed by atoms with Gasteiger partial charge in [-0.15, -0.1) is 0 Å². The summed E-state index contributed by atoms with van der Waals surface area (Å²) in [6.45, 7) is 6.49. The summed E-state index contributed by atoms with van der Waals surface area (Å²) in [7, 11) is 2.09. The number of hydrogen-bond donors (Lipinski definition) is 1. The van der Waals surface area contributed by atoms with Crippen molar-refractivity contribution < 1.29 is 9.53 Å². The van der Waals surface area contributed by atoms with Gasteiger partial charge in [-0.2, -0.15) is 0 Å². The Hall–Kier alpha value is -0.650. The van der Waals surface area contributed by atoms with Crippen molar-refractivity contribution in [1.29, 1.82) is 0 Å². The Morgan fingerprint density at radius 2 is 1.86 bits per heavy atom. The summed E-state index contributed by atoms with van der Waals surface area (Å²) in [5.41, 5.74) is 5.70.